The van der Waals surface area contributed by atoms with E-state index in [2.05, 4.69) is 45.0 Å². The van der Waals surface area contributed by atoms with Crippen LogP contribution in [0.15, 0.2) is 0 Å². The third-order valence-corrected chi connectivity index (χ3v) is 4.03. The molecule has 0 aliphatic heterocycles. The standard InChI is InChI=1S/C16H34N2/c1-14(2)11-17-12-16(3,4)13-18(5)15-9-7-6-8-10-15/h14-15,17H,6-13H2,1-5H3. The van der Waals surface area contributed by atoms with Crippen LogP contribution in [0.5, 0.6) is 0 Å². The zero-order chi connectivity index (χ0) is 13.6. The Morgan fingerprint density at radius 1 is 1.17 bits per heavy atom. The average Bonchev–Trinajstić information content (AvgIpc) is 2.28. The van der Waals surface area contributed by atoms with E-state index in [1.165, 1.54) is 38.6 Å². The molecule has 1 rings (SSSR count). The van der Waals surface area contributed by atoms with Gasteiger partial charge in [0.1, 0.15) is 0 Å². The predicted octanol–water partition coefficient (Wildman–Crippen LogP) is 3.52. The molecule has 18 heavy (non-hydrogen) atoms. The number of hydrogen-bond acceptors (Lipinski definition) is 2. The lowest BCUT2D eigenvalue weighted by Gasteiger charge is -2.37. The largest absolute Gasteiger partial charge is 0.316 e. The third-order valence-electron chi connectivity index (χ3n) is 4.03. The molecule has 0 radical (unpaired) electrons. The summed E-state index contributed by atoms with van der Waals surface area (Å²) in [6.45, 7) is 12.8. The van der Waals surface area contributed by atoms with Crippen molar-refractivity contribution in [1.29, 1.82) is 0 Å². The van der Waals surface area contributed by atoms with Gasteiger partial charge in [0.2, 0.25) is 0 Å². The summed E-state index contributed by atoms with van der Waals surface area (Å²) >= 11 is 0. The molecule has 0 atom stereocenters. The molecule has 0 aromatic heterocycles. The van der Waals surface area contributed by atoms with Gasteiger partial charge in [0.15, 0.2) is 0 Å². The van der Waals surface area contributed by atoms with Crippen molar-refractivity contribution in [3.63, 3.8) is 0 Å². The van der Waals surface area contributed by atoms with Crippen molar-refractivity contribution in [2.24, 2.45) is 11.3 Å². The maximum Gasteiger partial charge on any atom is 0.00924 e. The van der Waals surface area contributed by atoms with Gasteiger partial charge in [0, 0.05) is 19.1 Å². The molecule has 1 fully saturated rings. The van der Waals surface area contributed by atoms with Crippen LogP contribution in [0.1, 0.15) is 59.8 Å². The lowest BCUT2D eigenvalue weighted by molar-refractivity contribution is 0.130. The van der Waals surface area contributed by atoms with E-state index in [0.717, 1.165) is 25.0 Å². The molecule has 0 bridgehead atoms. The molecule has 0 aromatic rings. The van der Waals surface area contributed by atoms with Gasteiger partial charge in [-0.25, -0.2) is 0 Å². The van der Waals surface area contributed by atoms with Crippen LogP contribution in [0.25, 0.3) is 0 Å². The molecule has 2 heteroatoms. The quantitative estimate of drug-likeness (QED) is 0.748. The highest BCUT2D eigenvalue weighted by Crippen LogP contribution is 2.24. The molecule has 1 N–H and O–H groups in total. The fraction of sp³-hybridized carbons (Fsp3) is 1.00. The molecular formula is C16H34N2. The summed E-state index contributed by atoms with van der Waals surface area (Å²) in [5, 5.41) is 3.61. The smallest absolute Gasteiger partial charge is 0.00924 e. The second-order valence-corrected chi connectivity index (χ2v) is 7.40. The van der Waals surface area contributed by atoms with Crippen molar-refractivity contribution in [2.45, 2.75) is 65.8 Å². The first kappa shape index (κ1) is 16.0. The van der Waals surface area contributed by atoms with Crippen LogP contribution in [0.2, 0.25) is 0 Å². The summed E-state index contributed by atoms with van der Waals surface area (Å²) in [5.41, 5.74) is 0.376. The van der Waals surface area contributed by atoms with Crippen molar-refractivity contribution >= 4 is 0 Å². The second-order valence-electron chi connectivity index (χ2n) is 7.40. The van der Waals surface area contributed by atoms with E-state index >= 15 is 0 Å². The number of rotatable bonds is 7. The summed E-state index contributed by atoms with van der Waals surface area (Å²) in [4.78, 5) is 2.61. The topological polar surface area (TPSA) is 15.3 Å². The highest BCUT2D eigenvalue weighted by atomic mass is 15.1. The lowest BCUT2D eigenvalue weighted by Crippen LogP contribution is -2.44. The minimum Gasteiger partial charge on any atom is -0.316 e. The van der Waals surface area contributed by atoms with Gasteiger partial charge >= 0.3 is 0 Å². The van der Waals surface area contributed by atoms with Crippen molar-refractivity contribution in [2.75, 3.05) is 26.7 Å². The Morgan fingerprint density at radius 3 is 2.33 bits per heavy atom. The minimum absolute atomic E-state index is 0.376. The van der Waals surface area contributed by atoms with Crippen molar-refractivity contribution in [1.82, 2.24) is 10.2 Å². The molecule has 1 aliphatic carbocycles. The van der Waals surface area contributed by atoms with Crippen LogP contribution >= 0.6 is 0 Å². The summed E-state index contributed by atoms with van der Waals surface area (Å²) in [6, 6.07) is 0.836. The fourth-order valence-corrected chi connectivity index (χ4v) is 3.08. The summed E-state index contributed by atoms with van der Waals surface area (Å²) in [6.07, 6.45) is 7.13. The van der Waals surface area contributed by atoms with Gasteiger partial charge in [-0.15, -0.1) is 0 Å². The van der Waals surface area contributed by atoms with Gasteiger partial charge in [0.25, 0.3) is 0 Å². The first-order valence-corrected chi connectivity index (χ1v) is 7.82. The highest BCUT2D eigenvalue weighted by Gasteiger charge is 2.25. The van der Waals surface area contributed by atoms with Crippen LogP contribution in [0.3, 0.4) is 0 Å². The van der Waals surface area contributed by atoms with E-state index in [9.17, 15) is 0 Å². The van der Waals surface area contributed by atoms with Crippen LogP contribution < -0.4 is 5.32 Å². The Morgan fingerprint density at radius 2 is 1.78 bits per heavy atom. The van der Waals surface area contributed by atoms with E-state index < -0.39 is 0 Å². The molecule has 2 nitrogen and oxygen atoms in total. The maximum absolute atomic E-state index is 3.61. The Balaban J connectivity index is 2.29. The molecular weight excluding hydrogens is 220 g/mol. The van der Waals surface area contributed by atoms with Gasteiger partial charge in [-0.3, -0.25) is 0 Å². The van der Waals surface area contributed by atoms with E-state index in [-0.39, 0.29) is 0 Å². The maximum atomic E-state index is 3.61. The van der Waals surface area contributed by atoms with Gasteiger partial charge < -0.3 is 10.2 Å². The number of hydrogen-bond donors (Lipinski definition) is 1. The molecule has 0 unspecified atom stereocenters. The molecule has 0 spiro atoms. The molecule has 0 aromatic carbocycles. The van der Waals surface area contributed by atoms with Gasteiger partial charge in [0.05, 0.1) is 0 Å². The number of nitrogens with one attached hydrogen (secondary N) is 1. The monoisotopic (exact) mass is 254 g/mol. The third kappa shape index (κ3) is 6.19. The molecule has 0 heterocycles. The van der Waals surface area contributed by atoms with Crippen molar-refractivity contribution in [3.8, 4) is 0 Å². The molecule has 1 saturated carbocycles. The first-order chi connectivity index (χ1) is 8.41. The number of nitrogens with zero attached hydrogens (tertiary/aromatic N) is 1. The normalized spacial score (nSPS) is 18.8. The fourth-order valence-electron chi connectivity index (χ4n) is 3.08. The van der Waals surface area contributed by atoms with E-state index in [4.69, 9.17) is 0 Å². The van der Waals surface area contributed by atoms with Gasteiger partial charge in [-0.05, 0) is 37.8 Å². The SMILES string of the molecule is CC(C)CNCC(C)(C)CN(C)C1CCCCC1. The Bertz CT molecular complexity index is 217. The molecule has 0 amide bonds. The van der Waals surface area contributed by atoms with Crippen LogP contribution in [-0.4, -0.2) is 37.6 Å². The van der Waals surface area contributed by atoms with Crippen LogP contribution in [0, 0.1) is 11.3 Å². The van der Waals surface area contributed by atoms with E-state index in [1.807, 2.05) is 0 Å². The Hall–Kier alpha value is -0.0800. The molecule has 1 aliphatic rings. The van der Waals surface area contributed by atoms with Crippen molar-refractivity contribution < 1.29 is 0 Å². The molecule has 0 saturated heterocycles. The van der Waals surface area contributed by atoms with Crippen molar-refractivity contribution in [3.05, 3.63) is 0 Å². The van der Waals surface area contributed by atoms with Crippen LogP contribution in [0.4, 0.5) is 0 Å². The summed E-state index contributed by atoms with van der Waals surface area (Å²) < 4.78 is 0. The van der Waals surface area contributed by atoms with E-state index in [1.54, 1.807) is 0 Å². The average molecular weight is 254 g/mol. The van der Waals surface area contributed by atoms with Gasteiger partial charge in [-0.1, -0.05) is 47.0 Å². The molecule has 108 valence electrons. The van der Waals surface area contributed by atoms with E-state index in [0.29, 0.717) is 5.41 Å². The van der Waals surface area contributed by atoms with Gasteiger partial charge in [-0.2, -0.15) is 0 Å². The minimum atomic E-state index is 0.376. The zero-order valence-corrected chi connectivity index (χ0v) is 13.3. The summed E-state index contributed by atoms with van der Waals surface area (Å²) in [7, 11) is 2.32. The highest BCUT2D eigenvalue weighted by molar-refractivity contribution is 4.80. The summed E-state index contributed by atoms with van der Waals surface area (Å²) in [5.74, 6) is 0.747. The predicted molar refractivity (Wildman–Crippen MR) is 81.0 cm³/mol. The Labute approximate surface area is 115 Å². The Kier molecular flexibility index (Phi) is 6.65. The zero-order valence-electron chi connectivity index (χ0n) is 13.3. The lowest BCUT2D eigenvalue weighted by atomic mass is 9.89. The van der Waals surface area contributed by atoms with Crippen LogP contribution in [-0.2, 0) is 0 Å². The second kappa shape index (κ2) is 7.49. The first-order valence-electron chi connectivity index (χ1n) is 7.82.